The SMILES string of the molecule is CCCCCC(C#N)=C(C)N1CCOCC1. The summed E-state index contributed by atoms with van der Waals surface area (Å²) in [5.41, 5.74) is 2.11. The Balaban J connectivity index is 2.55. The van der Waals surface area contributed by atoms with Crippen LogP contribution in [0.1, 0.15) is 39.5 Å². The summed E-state index contributed by atoms with van der Waals surface area (Å²) in [7, 11) is 0. The highest BCUT2D eigenvalue weighted by molar-refractivity contribution is 5.26. The summed E-state index contributed by atoms with van der Waals surface area (Å²) in [5.74, 6) is 0. The largest absolute Gasteiger partial charge is 0.378 e. The van der Waals surface area contributed by atoms with Gasteiger partial charge in [0.25, 0.3) is 0 Å². The molecule has 0 amide bonds. The van der Waals surface area contributed by atoms with Gasteiger partial charge in [-0.3, -0.25) is 0 Å². The van der Waals surface area contributed by atoms with E-state index in [0.717, 1.165) is 50.4 Å². The normalized spacial score (nSPS) is 17.9. The van der Waals surface area contributed by atoms with Crippen molar-refractivity contribution >= 4 is 0 Å². The van der Waals surface area contributed by atoms with Gasteiger partial charge in [-0.25, -0.2) is 0 Å². The van der Waals surface area contributed by atoms with Crippen LogP contribution < -0.4 is 0 Å². The van der Waals surface area contributed by atoms with Crippen LogP contribution in [-0.4, -0.2) is 31.2 Å². The number of morpholine rings is 1. The molecular formula is C13H22N2O. The Morgan fingerprint density at radius 2 is 2.00 bits per heavy atom. The van der Waals surface area contributed by atoms with E-state index in [1.54, 1.807) is 0 Å². The van der Waals surface area contributed by atoms with E-state index in [0.29, 0.717) is 0 Å². The Kier molecular flexibility index (Phi) is 5.95. The molecule has 0 bridgehead atoms. The molecule has 0 aliphatic carbocycles. The number of allylic oxidation sites excluding steroid dienone is 2. The molecule has 3 nitrogen and oxygen atoms in total. The fourth-order valence-corrected chi connectivity index (χ4v) is 1.96. The van der Waals surface area contributed by atoms with Crippen LogP contribution in [0, 0.1) is 11.3 Å². The second kappa shape index (κ2) is 7.29. The van der Waals surface area contributed by atoms with Crippen LogP contribution >= 0.6 is 0 Å². The monoisotopic (exact) mass is 222 g/mol. The van der Waals surface area contributed by atoms with Crippen molar-refractivity contribution in [3.8, 4) is 6.07 Å². The van der Waals surface area contributed by atoms with Crippen molar-refractivity contribution in [2.45, 2.75) is 39.5 Å². The van der Waals surface area contributed by atoms with Gasteiger partial charge in [0.2, 0.25) is 0 Å². The molecule has 1 rings (SSSR count). The first-order valence-electron chi connectivity index (χ1n) is 6.22. The van der Waals surface area contributed by atoms with Gasteiger partial charge in [0.05, 0.1) is 19.3 Å². The summed E-state index contributed by atoms with van der Waals surface area (Å²) in [6, 6.07) is 2.36. The Morgan fingerprint density at radius 1 is 1.31 bits per heavy atom. The van der Waals surface area contributed by atoms with Gasteiger partial charge in [-0.2, -0.15) is 5.26 Å². The highest BCUT2D eigenvalue weighted by Crippen LogP contribution is 2.17. The lowest BCUT2D eigenvalue weighted by Gasteiger charge is -2.30. The molecule has 1 saturated heterocycles. The van der Waals surface area contributed by atoms with Gasteiger partial charge in [-0.1, -0.05) is 19.8 Å². The predicted octanol–water partition coefficient (Wildman–Crippen LogP) is 2.70. The number of rotatable bonds is 5. The van der Waals surface area contributed by atoms with Crippen LogP contribution in [0.3, 0.4) is 0 Å². The molecule has 0 radical (unpaired) electrons. The molecule has 0 unspecified atom stereocenters. The Labute approximate surface area is 98.7 Å². The first-order valence-corrected chi connectivity index (χ1v) is 6.22. The topological polar surface area (TPSA) is 36.3 Å². The van der Waals surface area contributed by atoms with Gasteiger partial charge in [0.1, 0.15) is 0 Å². The van der Waals surface area contributed by atoms with Crippen molar-refractivity contribution in [3.05, 3.63) is 11.3 Å². The van der Waals surface area contributed by atoms with Crippen LogP contribution in [-0.2, 0) is 4.74 Å². The summed E-state index contributed by atoms with van der Waals surface area (Å²) in [4.78, 5) is 2.27. The Bertz CT molecular complexity index is 272. The van der Waals surface area contributed by atoms with Crippen molar-refractivity contribution in [3.63, 3.8) is 0 Å². The molecule has 1 aliphatic heterocycles. The van der Waals surface area contributed by atoms with Gasteiger partial charge in [-0.05, 0) is 19.8 Å². The average molecular weight is 222 g/mol. The minimum absolute atomic E-state index is 0.783. The fraction of sp³-hybridized carbons (Fsp3) is 0.769. The smallest absolute Gasteiger partial charge is 0.0965 e. The molecule has 3 heteroatoms. The number of unbranched alkanes of at least 4 members (excludes halogenated alkanes) is 2. The second-order valence-electron chi connectivity index (χ2n) is 4.23. The quantitative estimate of drug-likeness (QED) is 0.530. The van der Waals surface area contributed by atoms with E-state index in [4.69, 9.17) is 10.00 Å². The first kappa shape index (κ1) is 13.1. The van der Waals surface area contributed by atoms with Crippen molar-refractivity contribution < 1.29 is 4.74 Å². The number of nitriles is 1. The zero-order valence-corrected chi connectivity index (χ0v) is 10.5. The van der Waals surface area contributed by atoms with Crippen molar-refractivity contribution in [2.75, 3.05) is 26.3 Å². The van der Waals surface area contributed by atoms with E-state index < -0.39 is 0 Å². The maximum Gasteiger partial charge on any atom is 0.0965 e. The molecule has 0 saturated carbocycles. The summed E-state index contributed by atoms with van der Waals surface area (Å²) < 4.78 is 5.31. The number of nitrogens with zero attached hydrogens (tertiary/aromatic N) is 2. The molecule has 0 N–H and O–H groups in total. The third-order valence-corrected chi connectivity index (χ3v) is 3.09. The molecule has 0 aromatic rings. The standard InChI is InChI=1S/C13H22N2O/c1-3-4-5-6-13(11-14)12(2)15-7-9-16-10-8-15/h3-10H2,1-2H3. The lowest BCUT2D eigenvalue weighted by Crippen LogP contribution is -2.35. The first-order chi connectivity index (χ1) is 7.79. The van der Waals surface area contributed by atoms with Gasteiger partial charge in [-0.15, -0.1) is 0 Å². The molecule has 0 aromatic heterocycles. The molecule has 90 valence electrons. The number of hydrogen-bond acceptors (Lipinski definition) is 3. The minimum atomic E-state index is 0.783. The predicted molar refractivity (Wildman–Crippen MR) is 64.8 cm³/mol. The van der Waals surface area contributed by atoms with Crippen LogP contribution in [0.5, 0.6) is 0 Å². The maximum absolute atomic E-state index is 9.16. The highest BCUT2D eigenvalue weighted by Gasteiger charge is 2.13. The molecule has 0 spiro atoms. The van der Waals surface area contributed by atoms with Gasteiger partial charge in [0, 0.05) is 24.4 Å². The van der Waals surface area contributed by atoms with Crippen molar-refractivity contribution in [1.82, 2.24) is 4.90 Å². The Morgan fingerprint density at radius 3 is 2.56 bits per heavy atom. The Hall–Kier alpha value is -1.01. The third-order valence-electron chi connectivity index (χ3n) is 3.09. The van der Waals surface area contributed by atoms with Gasteiger partial charge < -0.3 is 9.64 Å². The molecule has 0 atom stereocenters. The zero-order chi connectivity index (χ0) is 11.8. The van der Waals surface area contributed by atoms with E-state index in [1.165, 1.54) is 12.8 Å². The van der Waals surface area contributed by atoms with Crippen LogP contribution in [0.25, 0.3) is 0 Å². The molecule has 16 heavy (non-hydrogen) atoms. The summed E-state index contributed by atoms with van der Waals surface area (Å²) in [5, 5.41) is 9.16. The van der Waals surface area contributed by atoms with Gasteiger partial charge >= 0.3 is 0 Å². The fourth-order valence-electron chi connectivity index (χ4n) is 1.96. The van der Waals surface area contributed by atoms with E-state index in [1.807, 2.05) is 0 Å². The van der Waals surface area contributed by atoms with Crippen molar-refractivity contribution in [2.24, 2.45) is 0 Å². The molecule has 0 aromatic carbocycles. The maximum atomic E-state index is 9.16. The zero-order valence-electron chi connectivity index (χ0n) is 10.5. The highest BCUT2D eigenvalue weighted by atomic mass is 16.5. The molecule has 1 aliphatic rings. The minimum Gasteiger partial charge on any atom is -0.378 e. The van der Waals surface area contributed by atoms with Gasteiger partial charge in [0.15, 0.2) is 0 Å². The lowest BCUT2D eigenvalue weighted by atomic mass is 10.1. The third kappa shape index (κ3) is 3.86. The van der Waals surface area contributed by atoms with E-state index >= 15 is 0 Å². The van der Waals surface area contributed by atoms with E-state index in [9.17, 15) is 0 Å². The number of ether oxygens (including phenoxy) is 1. The number of hydrogen-bond donors (Lipinski definition) is 0. The second-order valence-corrected chi connectivity index (χ2v) is 4.23. The average Bonchev–Trinajstić information content (AvgIpc) is 2.35. The summed E-state index contributed by atoms with van der Waals surface area (Å²) in [6.45, 7) is 7.66. The van der Waals surface area contributed by atoms with Crippen LogP contribution in [0.4, 0.5) is 0 Å². The summed E-state index contributed by atoms with van der Waals surface area (Å²) in [6.07, 6.45) is 4.46. The van der Waals surface area contributed by atoms with Crippen molar-refractivity contribution in [1.29, 1.82) is 5.26 Å². The van der Waals surface area contributed by atoms with Crippen LogP contribution in [0.15, 0.2) is 11.3 Å². The molecule has 1 heterocycles. The molecule has 1 fully saturated rings. The van der Waals surface area contributed by atoms with E-state index in [-0.39, 0.29) is 0 Å². The lowest BCUT2D eigenvalue weighted by molar-refractivity contribution is 0.0533. The summed E-state index contributed by atoms with van der Waals surface area (Å²) >= 11 is 0. The van der Waals surface area contributed by atoms with E-state index in [2.05, 4.69) is 24.8 Å². The van der Waals surface area contributed by atoms with Crippen LogP contribution in [0.2, 0.25) is 0 Å². The molecular weight excluding hydrogens is 200 g/mol.